The fourth-order valence-corrected chi connectivity index (χ4v) is 7.13. The van der Waals surface area contributed by atoms with Gasteiger partial charge in [0.1, 0.15) is 6.61 Å². The minimum Gasteiger partial charge on any atom is -0.478 e. The van der Waals surface area contributed by atoms with E-state index >= 15 is 0 Å². The first-order chi connectivity index (χ1) is 21.8. The summed E-state index contributed by atoms with van der Waals surface area (Å²) >= 11 is 0. The minimum atomic E-state index is -4.22. The summed E-state index contributed by atoms with van der Waals surface area (Å²) in [6.07, 6.45) is 1.81. The summed E-state index contributed by atoms with van der Waals surface area (Å²) in [7, 11) is -4.22. The molecule has 4 rings (SSSR count). The molecule has 47 heavy (non-hydrogen) atoms. The van der Waals surface area contributed by atoms with Crippen LogP contribution < -0.4 is 14.8 Å². The molecule has 0 spiro atoms. The summed E-state index contributed by atoms with van der Waals surface area (Å²) < 4.78 is 41.7. The molecule has 2 heterocycles. The van der Waals surface area contributed by atoms with E-state index in [9.17, 15) is 18.3 Å². The molecule has 0 saturated carbocycles. The Morgan fingerprint density at radius 3 is 2.36 bits per heavy atom. The number of sulfonamides is 1. The fraction of sp³-hybridized carbons (Fsp3) is 0.528. The van der Waals surface area contributed by atoms with E-state index in [2.05, 4.69) is 68.5 Å². The van der Waals surface area contributed by atoms with Crippen LogP contribution >= 0.6 is 0 Å². The smallest absolute Gasteiger partial charge is 0.335 e. The number of benzene rings is 2. The molecule has 0 bridgehead atoms. The van der Waals surface area contributed by atoms with Gasteiger partial charge in [0, 0.05) is 24.3 Å². The molecule has 256 valence electrons. The Hall–Kier alpha value is -3.54. The van der Waals surface area contributed by atoms with Crippen LogP contribution in [0.3, 0.4) is 0 Å². The summed E-state index contributed by atoms with van der Waals surface area (Å²) in [5.74, 6) is -0.771. The zero-order chi connectivity index (χ0) is 34.8. The zero-order valence-corrected chi connectivity index (χ0v) is 29.9. The van der Waals surface area contributed by atoms with E-state index < -0.39 is 16.0 Å². The molecule has 3 aromatic rings. The first-order valence-electron chi connectivity index (χ1n) is 16.1. The number of aromatic nitrogens is 2. The number of aromatic carboxylic acids is 1. The number of nitrogens with zero attached hydrogens (tertiary/aromatic N) is 2. The number of rotatable bonds is 12. The molecule has 1 aromatic heterocycles. The van der Waals surface area contributed by atoms with E-state index in [0.29, 0.717) is 18.2 Å². The van der Waals surface area contributed by atoms with Crippen LogP contribution in [0.1, 0.15) is 82.8 Å². The van der Waals surface area contributed by atoms with Gasteiger partial charge >= 0.3 is 5.97 Å². The van der Waals surface area contributed by atoms with Crippen molar-refractivity contribution in [1.29, 1.82) is 0 Å². The van der Waals surface area contributed by atoms with Crippen LogP contribution in [0.2, 0.25) is 0 Å². The highest BCUT2D eigenvalue weighted by Crippen LogP contribution is 2.45. The van der Waals surface area contributed by atoms with Gasteiger partial charge in [-0.25, -0.2) is 22.9 Å². The van der Waals surface area contributed by atoms with Crippen molar-refractivity contribution in [3.63, 3.8) is 0 Å². The first-order valence-corrected chi connectivity index (χ1v) is 17.6. The number of hydrogen-bond acceptors (Lipinski definition) is 8. The quantitative estimate of drug-likeness (QED) is 0.189. The highest BCUT2D eigenvalue weighted by atomic mass is 32.2. The molecule has 1 saturated heterocycles. The molecule has 1 fully saturated rings. The van der Waals surface area contributed by atoms with Crippen LogP contribution in [0.5, 0.6) is 5.88 Å². The lowest BCUT2D eigenvalue weighted by Gasteiger charge is -2.51. The van der Waals surface area contributed by atoms with E-state index in [0.717, 1.165) is 48.8 Å². The second-order valence-electron chi connectivity index (χ2n) is 14.9. The van der Waals surface area contributed by atoms with Crippen molar-refractivity contribution in [2.75, 3.05) is 24.5 Å². The maximum atomic E-state index is 13.4. The predicted molar refractivity (Wildman–Crippen MR) is 184 cm³/mol. The van der Waals surface area contributed by atoms with Gasteiger partial charge in [0.2, 0.25) is 11.8 Å². The third kappa shape index (κ3) is 8.88. The Kier molecular flexibility index (Phi) is 10.7. The monoisotopic (exact) mass is 666 g/mol. The summed E-state index contributed by atoms with van der Waals surface area (Å²) in [4.78, 5) is 20.3. The highest BCUT2D eigenvalue weighted by molar-refractivity contribution is 7.92. The number of anilines is 1. The fourth-order valence-electron chi connectivity index (χ4n) is 6.14. The SMILES string of the molecule is Cc1cccc(C)c1-c1cc(OCC(CC(C)(C)C)NCC2CCOC(C)(C)C2(C)C)nc(NS(=O)(=O)c2cccc(C(=O)O)c2)n1. The van der Waals surface area contributed by atoms with Gasteiger partial charge in [0.25, 0.3) is 10.0 Å². The van der Waals surface area contributed by atoms with Crippen molar-refractivity contribution < 1.29 is 27.8 Å². The van der Waals surface area contributed by atoms with Crippen LogP contribution in [0, 0.1) is 30.6 Å². The topological polar surface area (TPSA) is 140 Å². The van der Waals surface area contributed by atoms with E-state index in [1.807, 2.05) is 32.0 Å². The summed E-state index contributed by atoms with van der Waals surface area (Å²) in [6, 6.07) is 12.7. The highest BCUT2D eigenvalue weighted by Gasteiger charge is 2.46. The van der Waals surface area contributed by atoms with Crippen LogP contribution in [0.15, 0.2) is 53.4 Å². The zero-order valence-electron chi connectivity index (χ0n) is 29.1. The third-order valence-corrected chi connectivity index (χ3v) is 10.8. The largest absolute Gasteiger partial charge is 0.478 e. The Morgan fingerprint density at radius 1 is 1.06 bits per heavy atom. The van der Waals surface area contributed by atoms with Crippen molar-refractivity contribution in [2.24, 2.45) is 16.7 Å². The Balaban J connectivity index is 1.64. The van der Waals surface area contributed by atoms with Gasteiger partial charge < -0.3 is 19.9 Å². The molecule has 2 atom stereocenters. The van der Waals surface area contributed by atoms with Gasteiger partial charge in [-0.2, -0.15) is 4.98 Å². The lowest BCUT2D eigenvalue weighted by atomic mass is 9.65. The second-order valence-corrected chi connectivity index (χ2v) is 16.5. The van der Waals surface area contributed by atoms with E-state index in [1.54, 1.807) is 6.07 Å². The van der Waals surface area contributed by atoms with Gasteiger partial charge in [0.05, 0.1) is 21.8 Å². The Labute approximate surface area is 279 Å². The molecular formula is C36H50N4O6S. The van der Waals surface area contributed by atoms with Crippen LogP contribution in [0.25, 0.3) is 11.3 Å². The lowest BCUT2D eigenvalue weighted by molar-refractivity contribution is -0.162. The molecule has 10 nitrogen and oxygen atoms in total. The molecule has 2 aromatic carbocycles. The van der Waals surface area contributed by atoms with Crippen LogP contribution in [0.4, 0.5) is 5.95 Å². The molecule has 0 amide bonds. The number of aryl methyl sites for hydroxylation is 2. The number of carboxylic acid groups (broad SMARTS) is 1. The predicted octanol–water partition coefficient (Wildman–Crippen LogP) is 6.87. The van der Waals surface area contributed by atoms with Gasteiger partial charge in [-0.15, -0.1) is 0 Å². The summed E-state index contributed by atoms with van der Waals surface area (Å²) in [5.41, 5.74) is 2.89. The first kappa shape index (κ1) is 36.3. The van der Waals surface area contributed by atoms with E-state index in [1.165, 1.54) is 18.2 Å². The maximum Gasteiger partial charge on any atom is 0.335 e. The molecule has 1 aliphatic rings. The minimum absolute atomic E-state index is 0.00531. The van der Waals surface area contributed by atoms with Crippen molar-refractivity contribution in [1.82, 2.24) is 15.3 Å². The lowest BCUT2D eigenvalue weighted by Crippen LogP contribution is -2.54. The molecule has 2 unspecified atom stereocenters. The number of nitrogens with one attached hydrogen (secondary N) is 2. The molecule has 0 aliphatic carbocycles. The molecule has 1 aliphatic heterocycles. The van der Waals surface area contributed by atoms with E-state index in [4.69, 9.17) is 9.47 Å². The van der Waals surface area contributed by atoms with Crippen molar-refractivity contribution >= 4 is 21.9 Å². The van der Waals surface area contributed by atoms with Crippen LogP contribution in [-0.2, 0) is 14.8 Å². The number of carboxylic acids is 1. The van der Waals surface area contributed by atoms with Crippen molar-refractivity contribution in [2.45, 2.75) is 91.7 Å². The van der Waals surface area contributed by atoms with Gasteiger partial charge in [-0.1, -0.05) is 58.9 Å². The average molecular weight is 667 g/mol. The van der Waals surface area contributed by atoms with Gasteiger partial charge in [0.15, 0.2) is 0 Å². The number of ether oxygens (including phenoxy) is 2. The summed E-state index contributed by atoms with van der Waals surface area (Å²) in [5, 5.41) is 13.2. The van der Waals surface area contributed by atoms with E-state index in [-0.39, 0.29) is 44.8 Å². The standard InChI is InChI=1S/C36H50N4O6S/c1-23-12-10-13-24(2)31(23)29-19-30(39-33(38-29)40-47(43,44)28-15-11-14-25(18-28)32(41)42)45-22-27(20-34(3,4)5)37-21-26-16-17-46-36(8,9)35(26,6)7/h10-15,18-19,26-27,37H,16-17,20-22H2,1-9H3,(H,41,42)(H,38,39,40). The van der Waals surface area contributed by atoms with Gasteiger partial charge in [-0.3, -0.25) is 0 Å². The average Bonchev–Trinajstić information content (AvgIpc) is 2.95. The van der Waals surface area contributed by atoms with Crippen LogP contribution in [-0.4, -0.2) is 60.9 Å². The Bertz CT molecular complexity index is 1680. The molecule has 0 radical (unpaired) electrons. The van der Waals surface area contributed by atoms with Gasteiger partial charge in [-0.05, 0) is 93.2 Å². The third-order valence-electron chi connectivity index (χ3n) is 9.50. The normalized spacial score (nSPS) is 18.4. The number of carbonyl (C=O) groups is 1. The second kappa shape index (κ2) is 13.9. The molecule has 3 N–H and O–H groups in total. The number of hydrogen-bond donors (Lipinski definition) is 3. The summed E-state index contributed by atoms with van der Waals surface area (Å²) in [6.45, 7) is 21.2. The van der Waals surface area contributed by atoms with Crippen molar-refractivity contribution in [3.8, 4) is 17.1 Å². The molecular weight excluding hydrogens is 616 g/mol. The van der Waals surface area contributed by atoms with Crippen molar-refractivity contribution in [3.05, 3.63) is 65.2 Å². The maximum absolute atomic E-state index is 13.4. The molecule has 11 heteroatoms. The Morgan fingerprint density at radius 2 is 1.72 bits per heavy atom.